The van der Waals surface area contributed by atoms with Crippen LogP contribution in [0.15, 0.2) is 0 Å². The summed E-state index contributed by atoms with van der Waals surface area (Å²) in [5.74, 6) is 0.00367. The van der Waals surface area contributed by atoms with Gasteiger partial charge in [-0.15, -0.1) is 0 Å². The van der Waals surface area contributed by atoms with Crippen molar-refractivity contribution >= 4 is 11.9 Å². The van der Waals surface area contributed by atoms with E-state index in [1.165, 1.54) is 12.0 Å². The molecule has 5 nitrogen and oxygen atoms in total. The molecule has 0 unspecified atom stereocenters. The molecule has 0 N–H and O–H groups in total. The molecular weight excluding hydrogens is 210 g/mol. The van der Waals surface area contributed by atoms with Gasteiger partial charge in [-0.2, -0.15) is 0 Å². The van der Waals surface area contributed by atoms with Crippen molar-refractivity contribution in [3.63, 3.8) is 0 Å². The fourth-order valence-electron chi connectivity index (χ4n) is 1.53. The molecule has 0 bridgehead atoms. The lowest BCUT2D eigenvalue weighted by atomic mass is 10.1. The molecule has 5 heteroatoms. The Morgan fingerprint density at radius 1 is 1.44 bits per heavy atom. The first-order chi connectivity index (χ1) is 7.31. The third-order valence-corrected chi connectivity index (χ3v) is 2.23. The van der Waals surface area contributed by atoms with Crippen molar-refractivity contribution < 1.29 is 19.1 Å². The van der Waals surface area contributed by atoms with E-state index in [4.69, 9.17) is 9.47 Å². The van der Waals surface area contributed by atoms with Crippen LogP contribution in [0, 0.1) is 0 Å². The predicted octanol–water partition coefficient (Wildman–Crippen LogP) is 1.21. The zero-order chi connectivity index (χ0) is 12.3. The SMILES string of the molecule is CO[C@H]1CC(=O)CN(C(=O)OC(C)(C)C)C1. The number of amides is 1. The van der Waals surface area contributed by atoms with E-state index in [1.54, 1.807) is 20.8 Å². The van der Waals surface area contributed by atoms with E-state index in [2.05, 4.69) is 0 Å². The number of ether oxygens (including phenoxy) is 2. The summed E-state index contributed by atoms with van der Waals surface area (Å²) in [5, 5.41) is 0. The molecule has 1 heterocycles. The maximum Gasteiger partial charge on any atom is 0.410 e. The van der Waals surface area contributed by atoms with Gasteiger partial charge in [0.1, 0.15) is 5.60 Å². The Labute approximate surface area is 95.7 Å². The van der Waals surface area contributed by atoms with Crippen LogP contribution in [0.5, 0.6) is 0 Å². The molecule has 0 saturated carbocycles. The molecule has 0 aliphatic carbocycles. The van der Waals surface area contributed by atoms with Crippen molar-refractivity contribution in [3.05, 3.63) is 0 Å². The molecule has 1 amide bonds. The monoisotopic (exact) mass is 229 g/mol. The number of likely N-dealkylation sites (tertiary alicyclic amines) is 1. The maximum absolute atomic E-state index is 11.7. The number of rotatable bonds is 1. The lowest BCUT2D eigenvalue weighted by molar-refractivity contribution is -0.126. The number of carbonyl (C=O) groups is 2. The number of Topliss-reactive ketones (excluding diaryl/α,β-unsaturated/α-hetero) is 1. The van der Waals surface area contributed by atoms with Crippen LogP contribution < -0.4 is 0 Å². The van der Waals surface area contributed by atoms with Gasteiger partial charge in [-0.05, 0) is 20.8 Å². The largest absolute Gasteiger partial charge is 0.444 e. The average Bonchev–Trinajstić information content (AvgIpc) is 2.14. The molecule has 1 aliphatic heterocycles. The van der Waals surface area contributed by atoms with Crippen molar-refractivity contribution in [1.29, 1.82) is 0 Å². The minimum absolute atomic E-state index is 0.00367. The summed E-state index contributed by atoms with van der Waals surface area (Å²) in [6.07, 6.45) is -0.299. The first-order valence-electron chi connectivity index (χ1n) is 5.34. The molecule has 1 fully saturated rings. The van der Waals surface area contributed by atoms with Gasteiger partial charge in [0.2, 0.25) is 0 Å². The van der Waals surface area contributed by atoms with E-state index < -0.39 is 11.7 Å². The van der Waals surface area contributed by atoms with Crippen molar-refractivity contribution in [3.8, 4) is 0 Å². The van der Waals surface area contributed by atoms with E-state index in [0.717, 1.165) is 0 Å². The van der Waals surface area contributed by atoms with Crippen LogP contribution >= 0.6 is 0 Å². The van der Waals surface area contributed by atoms with Crippen LogP contribution in [0.1, 0.15) is 27.2 Å². The highest BCUT2D eigenvalue weighted by molar-refractivity contribution is 5.85. The highest BCUT2D eigenvalue weighted by Gasteiger charge is 2.31. The molecule has 16 heavy (non-hydrogen) atoms. The van der Waals surface area contributed by atoms with Gasteiger partial charge in [0.05, 0.1) is 19.2 Å². The quantitative estimate of drug-likeness (QED) is 0.678. The first-order valence-corrected chi connectivity index (χ1v) is 5.34. The van der Waals surface area contributed by atoms with Crippen LogP contribution in [0.25, 0.3) is 0 Å². The second-order valence-electron chi connectivity index (χ2n) is 4.96. The third-order valence-electron chi connectivity index (χ3n) is 2.23. The van der Waals surface area contributed by atoms with E-state index in [0.29, 0.717) is 13.0 Å². The van der Waals surface area contributed by atoms with Crippen molar-refractivity contribution in [1.82, 2.24) is 4.90 Å². The van der Waals surface area contributed by atoms with Crippen LogP contribution in [0.4, 0.5) is 4.79 Å². The van der Waals surface area contributed by atoms with E-state index in [9.17, 15) is 9.59 Å². The molecule has 0 aromatic carbocycles. The summed E-state index contributed by atoms with van der Waals surface area (Å²) in [7, 11) is 1.54. The normalized spacial score (nSPS) is 22.1. The minimum Gasteiger partial charge on any atom is -0.444 e. The number of methoxy groups -OCH3 is 1. The minimum atomic E-state index is -0.542. The lowest BCUT2D eigenvalue weighted by Gasteiger charge is -2.32. The van der Waals surface area contributed by atoms with Gasteiger partial charge >= 0.3 is 6.09 Å². The summed E-state index contributed by atoms with van der Waals surface area (Å²) in [6.45, 7) is 5.92. The van der Waals surface area contributed by atoms with Gasteiger partial charge in [0.25, 0.3) is 0 Å². The van der Waals surface area contributed by atoms with Gasteiger partial charge < -0.3 is 9.47 Å². The maximum atomic E-state index is 11.7. The van der Waals surface area contributed by atoms with Gasteiger partial charge in [-0.25, -0.2) is 4.79 Å². The second-order valence-corrected chi connectivity index (χ2v) is 4.96. The smallest absolute Gasteiger partial charge is 0.410 e. The van der Waals surface area contributed by atoms with Crippen molar-refractivity contribution in [2.75, 3.05) is 20.2 Å². The average molecular weight is 229 g/mol. The highest BCUT2D eigenvalue weighted by Crippen LogP contribution is 2.15. The van der Waals surface area contributed by atoms with E-state index in [1.807, 2.05) is 0 Å². The fourth-order valence-corrected chi connectivity index (χ4v) is 1.53. The number of carbonyl (C=O) groups excluding carboxylic acids is 2. The third kappa shape index (κ3) is 3.81. The van der Waals surface area contributed by atoms with Crippen LogP contribution in [0.2, 0.25) is 0 Å². The zero-order valence-electron chi connectivity index (χ0n) is 10.3. The summed E-state index contributed by atoms with van der Waals surface area (Å²) in [4.78, 5) is 24.5. The molecular formula is C11H19NO4. The number of ketones is 1. The van der Waals surface area contributed by atoms with Gasteiger partial charge in [0, 0.05) is 13.5 Å². The number of piperidine rings is 1. The topological polar surface area (TPSA) is 55.8 Å². The van der Waals surface area contributed by atoms with Crippen LogP contribution in [-0.4, -0.2) is 48.7 Å². The standard InChI is InChI=1S/C11H19NO4/c1-11(2,3)16-10(14)12-6-8(13)5-9(7-12)15-4/h9H,5-7H2,1-4H3/t9-/m0/s1. The Hall–Kier alpha value is -1.10. The summed E-state index contributed by atoms with van der Waals surface area (Å²) < 4.78 is 10.3. The predicted molar refractivity (Wildman–Crippen MR) is 58.2 cm³/mol. The second kappa shape index (κ2) is 4.82. The van der Waals surface area contributed by atoms with Gasteiger partial charge in [0.15, 0.2) is 5.78 Å². The van der Waals surface area contributed by atoms with Crippen molar-refractivity contribution in [2.24, 2.45) is 0 Å². The van der Waals surface area contributed by atoms with Crippen molar-refractivity contribution in [2.45, 2.75) is 38.9 Å². The summed E-state index contributed by atoms with van der Waals surface area (Å²) >= 11 is 0. The Kier molecular flexibility index (Phi) is 3.91. The molecule has 1 rings (SSSR count). The molecule has 0 aromatic rings. The molecule has 0 radical (unpaired) electrons. The molecule has 0 aromatic heterocycles. The van der Waals surface area contributed by atoms with Gasteiger partial charge in [-0.1, -0.05) is 0 Å². The summed E-state index contributed by atoms with van der Waals surface area (Å²) in [6, 6.07) is 0. The Morgan fingerprint density at radius 3 is 2.56 bits per heavy atom. The van der Waals surface area contributed by atoms with E-state index in [-0.39, 0.29) is 18.4 Å². The zero-order valence-corrected chi connectivity index (χ0v) is 10.3. The molecule has 1 aliphatic rings. The molecule has 1 atom stereocenters. The molecule has 0 spiro atoms. The number of nitrogens with zero attached hydrogens (tertiary/aromatic N) is 1. The molecule has 1 saturated heterocycles. The fraction of sp³-hybridized carbons (Fsp3) is 0.818. The Bertz CT molecular complexity index is 282. The summed E-state index contributed by atoms with van der Waals surface area (Å²) in [5.41, 5.74) is -0.542. The van der Waals surface area contributed by atoms with Crippen LogP contribution in [-0.2, 0) is 14.3 Å². The van der Waals surface area contributed by atoms with Gasteiger partial charge in [-0.3, -0.25) is 9.69 Å². The molecule has 92 valence electrons. The van der Waals surface area contributed by atoms with Crippen LogP contribution in [0.3, 0.4) is 0 Å². The highest BCUT2D eigenvalue weighted by atomic mass is 16.6. The lowest BCUT2D eigenvalue weighted by Crippen LogP contribution is -2.48. The first kappa shape index (κ1) is 13.0. The Balaban J connectivity index is 2.59. The number of hydrogen-bond acceptors (Lipinski definition) is 4. The Morgan fingerprint density at radius 2 is 2.06 bits per heavy atom. The number of hydrogen-bond donors (Lipinski definition) is 0. The van der Waals surface area contributed by atoms with E-state index >= 15 is 0 Å².